The van der Waals surface area contributed by atoms with E-state index in [-0.39, 0.29) is 0 Å². The molecule has 0 bridgehead atoms. The van der Waals surface area contributed by atoms with Gasteiger partial charge < -0.3 is 0 Å². The maximum atomic E-state index is 4.54. The van der Waals surface area contributed by atoms with Crippen molar-refractivity contribution >= 4 is 12.6 Å². The zero-order valence-electron chi connectivity index (χ0n) is 15.4. The number of aryl methyl sites for hydroxylation is 1. The standard InChI is InChI=1S/C23H30S/c1-4-5-16-13-21-17(12-18(16)14-24)7-8-20-19(21)10-11-23(3)15(2)6-9-22(20)23/h12-13,15,19-20,22,24H,6-11,14H2,1-3H3. The van der Waals surface area contributed by atoms with Gasteiger partial charge in [0.1, 0.15) is 0 Å². The van der Waals surface area contributed by atoms with E-state index in [0.29, 0.717) is 5.41 Å². The number of benzene rings is 1. The maximum absolute atomic E-state index is 4.54. The SMILES string of the molecule is CC#Cc1cc2c(cc1CS)CCC1C2CCC2(C)C(C)CCC12. The van der Waals surface area contributed by atoms with E-state index in [4.69, 9.17) is 0 Å². The van der Waals surface area contributed by atoms with E-state index in [9.17, 15) is 0 Å². The van der Waals surface area contributed by atoms with Crippen molar-refractivity contribution < 1.29 is 0 Å². The average Bonchev–Trinajstić information content (AvgIpc) is 2.89. The minimum Gasteiger partial charge on any atom is -0.175 e. The molecule has 5 atom stereocenters. The summed E-state index contributed by atoms with van der Waals surface area (Å²) in [5.41, 5.74) is 6.38. The lowest BCUT2D eigenvalue weighted by molar-refractivity contribution is 0.0336. The molecule has 0 radical (unpaired) electrons. The summed E-state index contributed by atoms with van der Waals surface area (Å²) in [5, 5.41) is 0. The molecule has 0 nitrogen and oxygen atoms in total. The first-order chi connectivity index (χ1) is 11.6. The van der Waals surface area contributed by atoms with Gasteiger partial charge in [0.05, 0.1) is 0 Å². The zero-order chi connectivity index (χ0) is 16.9. The van der Waals surface area contributed by atoms with Crippen molar-refractivity contribution in [3.63, 3.8) is 0 Å². The van der Waals surface area contributed by atoms with Crippen LogP contribution in [-0.4, -0.2) is 0 Å². The highest BCUT2D eigenvalue weighted by atomic mass is 32.1. The molecule has 1 aromatic carbocycles. The van der Waals surface area contributed by atoms with Crippen LogP contribution < -0.4 is 0 Å². The summed E-state index contributed by atoms with van der Waals surface area (Å²) >= 11 is 4.54. The minimum absolute atomic E-state index is 0.607. The third kappa shape index (κ3) is 2.37. The number of hydrogen-bond acceptors (Lipinski definition) is 1. The predicted octanol–water partition coefficient (Wildman–Crippen LogP) is 5.98. The molecule has 0 saturated heterocycles. The quantitative estimate of drug-likeness (QED) is 0.472. The van der Waals surface area contributed by atoms with Gasteiger partial charge in [-0.25, -0.2) is 0 Å². The van der Waals surface area contributed by atoms with E-state index in [2.05, 4.69) is 50.4 Å². The van der Waals surface area contributed by atoms with Gasteiger partial charge >= 0.3 is 0 Å². The Morgan fingerprint density at radius 3 is 2.79 bits per heavy atom. The summed E-state index contributed by atoms with van der Waals surface area (Å²) in [4.78, 5) is 0. The van der Waals surface area contributed by atoms with E-state index < -0.39 is 0 Å². The minimum atomic E-state index is 0.607. The van der Waals surface area contributed by atoms with Crippen LogP contribution in [0.5, 0.6) is 0 Å². The molecule has 0 aliphatic heterocycles. The molecule has 0 N–H and O–H groups in total. The first kappa shape index (κ1) is 16.6. The van der Waals surface area contributed by atoms with Crippen molar-refractivity contribution in [2.75, 3.05) is 0 Å². The number of thiol groups is 1. The number of hydrogen-bond donors (Lipinski definition) is 1. The highest BCUT2D eigenvalue weighted by molar-refractivity contribution is 7.79. The summed E-state index contributed by atoms with van der Waals surface area (Å²) in [6.07, 6.45) is 8.37. The Balaban J connectivity index is 1.74. The summed E-state index contributed by atoms with van der Waals surface area (Å²) in [7, 11) is 0. The average molecular weight is 339 g/mol. The second-order valence-corrected chi connectivity index (χ2v) is 9.00. The summed E-state index contributed by atoms with van der Waals surface area (Å²) in [6, 6.07) is 4.86. The van der Waals surface area contributed by atoms with Crippen molar-refractivity contribution in [3.8, 4) is 11.8 Å². The molecule has 0 amide bonds. The Kier molecular flexibility index (Phi) is 4.24. The van der Waals surface area contributed by atoms with Crippen LogP contribution in [0.3, 0.4) is 0 Å². The maximum Gasteiger partial charge on any atom is 0.0288 e. The summed E-state index contributed by atoms with van der Waals surface area (Å²) in [5.74, 6) is 10.8. The highest BCUT2D eigenvalue weighted by Crippen LogP contribution is 2.62. The molecule has 2 saturated carbocycles. The van der Waals surface area contributed by atoms with Gasteiger partial charge in [-0.15, -0.1) is 5.92 Å². The Morgan fingerprint density at radius 1 is 1.21 bits per heavy atom. The molecule has 4 rings (SSSR count). The second-order valence-electron chi connectivity index (χ2n) is 8.68. The fourth-order valence-electron chi connectivity index (χ4n) is 6.32. The largest absolute Gasteiger partial charge is 0.175 e. The molecule has 1 heteroatoms. The fourth-order valence-corrected chi connectivity index (χ4v) is 6.58. The lowest BCUT2D eigenvalue weighted by atomic mass is 9.54. The van der Waals surface area contributed by atoms with Gasteiger partial charge in [0.2, 0.25) is 0 Å². The van der Waals surface area contributed by atoms with Crippen molar-refractivity contribution in [3.05, 3.63) is 34.4 Å². The van der Waals surface area contributed by atoms with Gasteiger partial charge in [0.15, 0.2) is 0 Å². The van der Waals surface area contributed by atoms with E-state index in [1.165, 1.54) is 49.7 Å². The first-order valence-corrected chi connectivity index (χ1v) is 10.4. The van der Waals surface area contributed by atoms with Crippen LogP contribution in [0.2, 0.25) is 0 Å². The topological polar surface area (TPSA) is 0 Å². The molecule has 3 aliphatic carbocycles. The van der Waals surface area contributed by atoms with E-state index in [1.54, 1.807) is 11.1 Å². The molecule has 2 fully saturated rings. The summed E-state index contributed by atoms with van der Waals surface area (Å²) < 4.78 is 0. The Bertz CT molecular complexity index is 707. The Morgan fingerprint density at radius 2 is 2.04 bits per heavy atom. The van der Waals surface area contributed by atoms with Crippen LogP contribution in [0.25, 0.3) is 0 Å². The van der Waals surface area contributed by atoms with Gasteiger partial charge in [-0.1, -0.05) is 25.8 Å². The Hall–Kier alpha value is -0.870. The lowest BCUT2D eigenvalue weighted by Crippen LogP contribution is -2.41. The van der Waals surface area contributed by atoms with Gasteiger partial charge in [-0.2, -0.15) is 12.6 Å². The number of rotatable bonds is 1. The van der Waals surface area contributed by atoms with Gasteiger partial charge in [-0.3, -0.25) is 0 Å². The molecule has 5 unspecified atom stereocenters. The smallest absolute Gasteiger partial charge is 0.0288 e. The van der Waals surface area contributed by atoms with Crippen molar-refractivity contribution in [1.29, 1.82) is 0 Å². The van der Waals surface area contributed by atoms with Crippen LogP contribution >= 0.6 is 12.6 Å². The van der Waals surface area contributed by atoms with Crippen LogP contribution in [0.1, 0.15) is 81.0 Å². The molecule has 1 aromatic rings. The first-order valence-electron chi connectivity index (χ1n) is 9.77. The van der Waals surface area contributed by atoms with Crippen LogP contribution in [0, 0.1) is 35.0 Å². The van der Waals surface area contributed by atoms with Gasteiger partial charge in [0.25, 0.3) is 0 Å². The van der Waals surface area contributed by atoms with E-state index in [1.807, 2.05) is 6.92 Å². The number of fused-ring (bicyclic) bond motifs is 5. The van der Waals surface area contributed by atoms with E-state index >= 15 is 0 Å². The monoisotopic (exact) mass is 338 g/mol. The summed E-state index contributed by atoms with van der Waals surface area (Å²) in [6.45, 7) is 7.04. The van der Waals surface area contributed by atoms with Crippen molar-refractivity contribution in [2.45, 2.75) is 71.0 Å². The molecule has 0 spiro atoms. The lowest BCUT2D eigenvalue weighted by Gasteiger charge is -2.50. The molecular formula is C23H30S. The van der Waals surface area contributed by atoms with E-state index in [0.717, 1.165) is 29.4 Å². The van der Waals surface area contributed by atoms with Crippen LogP contribution in [0.15, 0.2) is 12.1 Å². The highest BCUT2D eigenvalue weighted by Gasteiger charge is 2.53. The molecule has 24 heavy (non-hydrogen) atoms. The normalized spacial score (nSPS) is 37.0. The molecule has 3 aliphatic rings. The second kappa shape index (κ2) is 6.14. The van der Waals surface area contributed by atoms with Crippen LogP contribution in [0.4, 0.5) is 0 Å². The van der Waals surface area contributed by atoms with Crippen LogP contribution in [-0.2, 0) is 12.2 Å². The molecule has 0 aromatic heterocycles. The third-order valence-electron chi connectivity index (χ3n) is 7.85. The Labute approximate surface area is 153 Å². The van der Waals surface area contributed by atoms with Crippen molar-refractivity contribution in [2.24, 2.45) is 23.2 Å². The van der Waals surface area contributed by atoms with Gasteiger partial charge in [0, 0.05) is 11.3 Å². The molecular weight excluding hydrogens is 308 g/mol. The van der Waals surface area contributed by atoms with Gasteiger partial charge in [-0.05, 0) is 97.3 Å². The van der Waals surface area contributed by atoms with Crippen molar-refractivity contribution in [1.82, 2.24) is 0 Å². The molecule has 128 valence electrons. The third-order valence-corrected chi connectivity index (χ3v) is 8.19. The zero-order valence-corrected chi connectivity index (χ0v) is 16.3. The predicted molar refractivity (Wildman–Crippen MR) is 105 cm³/mol. The fraction of sp³-hybridized carbons (Fsp3) is 0.652. The molecule has 0 heterocycles.